The van der Waals surface area contributed by atoms with Crippen molar-refractivity contribution in [3.63, 3.8) is 0 Å². The Morgan fingerprint density at radius 3 is 2.24 bits per heavy atom. The van der Waals surface area contributed by atoms with Gasteiger partial charge in [0.2, 0.25) is 10.0 Å². The van der Waals surface area contributed by atoms with E-state index in [1.165, 1.54) is 17.6 Å². The molecule has 4 nitrogen and oxygen atoms in total. The zero-order chi connectivity index (χ0) is 13.6. The molecule has 0 aliphatic heterocycles. The molecule has 1 rings (SSSR count). The first-order chi connectivity index (χ1) is 7.86. The Hall–Kier alpha value is -1.07. The molecule has 1 aromatic rings. The van der Waals surface area contributed by atoms with Crippen LogP contribution in [0, 0.1) is 6.92 Å². The molecular formula is C12H22N2O2S. The highest BCUT2D eigenvalue weighted by Gasteiger charge is 2.14. The molecule has 98 valence electrons. The van der Waals surface area contributed by atoms with Crippen molar-refractivity contribution in [3.05, 3.63) is 29.3 Å². The predicted molar refractivity (Wildman–Crippen MR) is 73.7 cm³/mol. The second-order valence-corrected chi connectivity index (χ2v) is 5.58. The topological polar surface area (TPSA) is 63.4 Å². The Bertz CT molecular complexity index is 456. The van der Waals surface area contributed by atoms with E-state index in [1.54, 1.807) is 0 Å². The third kappa shape index (κ3) is 4.36. The van der Waals surface area contributed by atoms with Crippen molar-refractivity contribution in [2.75, 3.05) is 17.6 Å². The Morgan fingerprint density at radius 2 is 1.82 bits per heavy atom. The quantitative estimate of drug-likeness (QED) is 0.900. The fourth-order valence-corrected chi connectivity index (χ4v) is 1.85. The molecule has 0 aliphatic rings. The third-order valence-electron chi connectivity index (χ3n) is 2.30. The molecule has 0 spiro atoms. The van der Waals surface area contributed by atoms with Crippen molar-refractivity contribution >= 4 is 15.7 Å². The second kappa shape index (κ2) is 6.61. The van der Waals surface area contributed by atoms with E-state index >= 15 is 0 Å². The highest BCUT2D eigenvalue weighted by molar-refractivity contribution is 7.92. The van der Waals surface area contributed by atoms with E-state index in [0.717, 1.165) is 11.1 Å². The molecule has 0 heterocycles. The van der Waals surface area contributed by atoms with Crippen LogP contribution in [0.2, 0.25) is 0 Å². The van der Waals surface area contributed by atoms with E-state index in [1.807, 2.05) is 39.0 Å². The molecular weight excluding hydrogens is 236 g/mol. The van der Waals surface area contributed by atoms with Crippen LogP contribution >= 0.6 is 0 Å². The molecule has 0 fully saturated rings. The van der Waals surface area contributed by atoms with E-state index < -0.39 is 10.0 Å². The average molecular weight is 258 g/mol. The van der Waals surface area contributed by atoms with Gasteiger partial charge in [-0.05, 0) is 24.1 Å². The summed E-state index contributed by atoms with van der Waals surface area (Å²) in [6, 6.07) is 5.59. The maximum absolute atomic E-state index is 11.4. The molecule has 1 aromatic carbocycles. The van der Waals surface area contributed by atoms with E-state index in [9.17, 15) is 8.42 Å². The standard InChI is InChI=1S/C10H16N2O2S.C2H6/c1-8-4-5-9(7-11)10(6-8)12(2)15(3,13)14;1-2/h4-6H,7,11H2,1-3H3;1-2H3. The lowest BCUT2D eigenvalue weighted by Gasteiger charge is -2.20. The van der Waals surface area contributed by atoms with Crippen LogP contribution in [-0.2, 0) is 16.6 Å². The summed E-state index contributed by atoms with van der Waals surface area (Å²) in [7, 11) is -1.70. The maximum atomic E-state index is 11.4. The number of nitrogens with zero attached hydrogens (tertiary/aromatic N) is 1. The number of aryl methyl sites for hydroxylation is 1. The smallest absolute Gasteiger partial charge is 0.232 e. The summed E-state index contributed by atoms with van der Waals surface area (Å²) in [5.74, 6) is 0. The van der Waals surface area contributed by atoms with Crippen molar-refractivity contribution in [2.45, 2.75) is 27.3 Å². The van der Waals surface area contributed by atoms with Crippen LogP contribution < -0.4 is 10.0 Å². The molecule has 17 heavy (non-hydrogen) atoms. The number of benzene rings is 1. The predicted octanol–water partition coefficient (Wildman–Crippen LogP) is 1.88. The molecule has 0 bridgehead atoms. The number of sulfonamides is 1. The van der Waals surface area contributed by atoms with Crippen LogP contribution in [0.4, 0.5) is 5.69 Å². The van der Waals surface area contributed by atoms with Crippen LogP contribution in [0.15, 0.2) is 18.2 Å². The van der Waals surface area contributed by atoms with Crippen molar-refractivity contribution in [2.24, 2.45) is 5.73 Å². The largest absolute Gasteiger partial charge is 0.326 e. The zero-order valence-corrected chi connectivity index (χ0v) is 12.0. The average Bonchev–Trinajstić information content (AvgIpc) is 2.29. The molecule has 0 radical (unpaired) electrons. The number of hydrogen-bond donors (Lipinski definition) is 1. The Kier molecular flexibility index (Phi) is 6.20. The molecule has 0 unspecified atom stereocenters. The first-order valence-corrected chi connectivity index (χ1v) is 7.44. The second-order valence-electron chi connectivity index (χ2n) is 3.57. The van der Waals surface area contributed by atoms with Gasteiger partial charge in [0.25, 0.3) is 0 Å². The summed E-state index contributed by atoms with van der Waals surface area (Å²) in [5, 5.41) is 0. The SMILES string of the molecule is CC.Cc1ccc(CN)c(N(C)S(C)(=O)=O)c1. The number of anilines is 1. The van der Waals surface area contributed by atoms with Crippen LogP contribution in [0.3, 0.4) is 0 Å². The summed E-state index contributed by atoms with van der Waals surface area (Å²) < 4.78 is 24.0. The van der Waals surface area contributed by atoms with E-state index in [0.29, 0.717) is 12.2 Å². The van der Waals surface area contributed by atoms with Gasteiger partial charge in [0.15, 0.2) is 0 Å². The van der Waals surface area contributed by atoms with Crippen molar-refractivity contribution < 1.29 is 8.42 Å². The third-order valence-corrected chi connectivity index (χ3v) is 3.49. The summed E-state index contributed by atoms with van der Waals surface area (Å²) in [6.07, 6.45) is 1.18. The summed E-state index contributed by atoms with van der Waals surface area (Å²) in [5.41, 5.74) is 8.05. The molecule has 0 saturated heterocycles. The van der Waals surface area contributed by atoms with Crippen LogP contribution in [0.5, 0.6) is 0 Å². The summed E-state index contributed by atoms with van der Waals surface area (Å²) in [4.78, 5) is 0. The fourth-order valence-electron chi connectivity index (χ4n) is 1.32. The first-order valence-electron chi connectivity index (χ1n) is 5.59. The van der Waals surface area contributed by atoms with Gasteiger partial charge >= 0.3 is 0 Å². The lowest BCUT2D eigenvalue weighted by molar-refractivity contribution is 0.600. The minimum absolute atomic E-state index is 0.329. The van der Waals surface area contributed by atoms with Gasteiger partial charge < -0.3 is 5.73 Å². The Morgan fingerprint density at radius 1 is 1.29 bits per heavy atom. The number of nitrogens with two attached hydrogens (primary N) is 1. The molecule has 0 aromatic heterocycles. The molecule has 0 amide bonds. The lowest BCUT2D eigenvalue weighted by Crippen LogP contribution is -2.26. The highest BCUT2D eigenvalue weighted by Crippen LogP contribution is 2.22. The van der Waals surface area contributed by atoms with Crippen molar-refractivity contribution in [1.82, 2.24) is 0 Å². The van der Waals surface area contributed by atoms with Gasteiger partial charge in [-0.2, -0.15) is 0 Å². The monoisotopic (exact) mass is 258 g/mol. The minimum Gasteiger partial charge on any atom is -0.326 e. The fraction of sp³-hybridized carbons (Fsp3) is 0.500. The van der Waals surface area contributed by atoms with Gasteiger partial charge in [0.1, 0.15) is 0 Å². The van der Waals surface area contributed by atoms with Gasteiger partial charge in [0.05, 0.1) is 11.9 Å². The van der Waals surface area contributed by atoms with Gasteiger partial charge in [0, 0.05) is 13.6 Å². The number of hydrogen-bond acceptors (Lipinski definition) is 3. The number of rotatable bonds is 3. The molecule has 2 N–H and O–H groups in total. The first kappa shape index (κ1) is 15.9. The Balaban J connectivity index is 0.00000121. The maximum Gasteiger partial charge on any atom is 0.232 e. The van der Waals surface area contributed by atoms with Crippen molar-refractivity contribution in [1.29, 1.82) is 0 Å². The highest BCUT2D eigenvalue weighted by atomic mass is 32.2. The van der Waals surface area contributed by atoms with Gasteiger partial charge in [-0.25, -0.2) is 8.42 Å². The Labute approximate surface area is 104 Å². The molecule has 0 atom stereocenters. The van der Waals surface area contributed by atoms with Crippen LogP contribution in [0.1, 0.15) is 25.0 Å². The molecule has 0 saturated carbocycles. The minimum atomic E-state index is -3.23. The van der Waals surface area contributed by atoms with Crippen molar-refractivity contribution in [3.8, 4) is 0 Å². The lowest BCUT2D eigenvalue weighted by atomic mass is 10.1. The molecule has 5 heteroatoms. The van der Waals surface area contributed by atoms with Gasteiger partial charge in [-0.3, -0.25) is 4.31 Å². The summed E-state index contributed by atoms with van der Waals surface area (Å²) >= 11 is 0. The van der Waals surface area contributed by atoms with Crippen LogP contribution in [0.25, 0.3) is 0 Å². The van der Waals surface area contributed by atoms with Gasteiger partial charge in [-0.1, -0.05) is 26.0 Å². The van der Waals surface area contributed by atoms with E-state index in [4.69, 9.17) is 5.73 Å². The summed E-state index contributed by atoms with van der Waals surface area (Å²) in [6.45, 7) is 6.25. The van der Waals surface area contributed by atoms with E-state index in [-0.39, 0.29) is 0 Å². The van der Waals surface area contributed by atoms with E-state index in [2.05, 4.69) is 0 Å². The van der Waals surface area contributed by atoms with Crippen LogP contribution in [-0.4, -0.2) is 21.7 Å². The normalized spacial score (nSPS) is 10.5. The molecule has 0 aliphatic carbocycles. The van der Waals surface area contributed by atoms with Gasteiger partial charge in [-0.15, -0.1) is 0 Å². The zero-order valence-electron chi connectivity index (χ0n) is 11.2.